The standard InChI is InChI=1S/C23H16Cl2N2O3S/c1-13-16(24)6-4-8-17(13)27-22(28)12-30-23(29)15-11-19(20-9-10-21(25)31-20)26-18-7-3-2-5-14(15)18/h2-11H,12H2,1H3,(H,27,28). The summed E-state index contributed by atoms with van der Waals surface area (Å²) in [5, 5.41) is 3.89. The Morgan fingerprint density at radius 1 is 1.06 bits per heavy atom. The number of para-hydroxylation sites is 1. The van der Waals surface area contributed by atoms with Crippen LogP contribution >= 0.6 is 34.5 Å². The van der Waals surface area contributed by atoms with Gasteiger partial charge in [0.2, 0.25) is 0 Å². The number of fused-ring (bicyclic) bond motifs is 1. The quantitative estimate of drug-likeness (QED) is 0.343. The molecule has 5 nitrogen and oxygen atoms in total. The zero-order chi connectivity index (χ0) is 22.0. The number of ether oxygens (including phenoxy) is 1. The Labute approximate surface area is 192 Å². The lowest BCUT2D eigenvalue weighted by Gasteiger charge is -2.11. The van der Waals surface area contributed by atoms with E-state index < -0.39 is 18.5 Å². The first-order valence-electron chi connectivity index (χ1n) is 9.30. The molecule has 0 saturated heterocycles. The zero-order valence-electron chi connectivity index (χ0n) is 16.3. The largest absolute Gasteiger partial charge is 0.452 e. The molecule has 0 spiro atoms. The van der Waals surface area contributed by atoms with Gasteiger partial charge in [-0.25, -0.2) is 9.78 Å². The summed E-state index contributed by atoms with van der Waals surface area (Å²) in [4.78, 5) is 30.6. The smallest absolute Gasteiger partial charge is 0.339 e. The number of halogens is 2. The number of benzene rings is 2. The first kappa shape index (κ1) is 21.3. The highest BCUT2D eigenvalue weighted by atomic mass is 35.5. The van der Waals surface area contributed by atoms with E-state index in [1.807, 2.05) is 24.3 Å². The number of amides is 1. The lowest BCUT2D eigenvalue weighted by Crippen LogP contribution is -2.21. The van der Waals surface area contributed by atoms with Gasteiger partial charge < -0.3 is 10.1 Å². The molecule has 0 bridgehead atoms. The number of carbonyl (C=O) groups is 2. The monoisotopic (exact) mass is 470 g/mol. The van der Waals surface area contributed by atoms with E-state index in [1.165, 1.54) is 11.3 Å². The Bertz CT molecular complexity index is 1300. The number of thiophene rings is 1. The highest BCUT2D eigenvalue weighted by Gasteiger charge is 2.17. The second-order valence-electron chi connectivity index (χ2n) is 6.71. The van der Waals surface area contributed by atoms with Crippen molar-refractivity contribution >= 4 is 63.0 Å². The van der Waals surface area contributed by atoms with Crippen molar-refractivity contribution in [2.45, 2.75) is 6.92 Å². The molecular weight excluding hydrogens is 455 g/mol. The maximum absolute atomic E-state index is 12.9. The van der Waals surface area contributed by atoms with Gasteiger partial charge in [-0.05, 0) is 48.9 Å². The van der Waals surface area contributed by atoms with E-state index in [4.69, 9.17) is 27.9 Å². The minimum atomic E-state index is -0.611. The van der Waals surface area contributed by atoms with Gasteiger partial charge in [0.15, 0.2) is 6.61 Å². The van der Waals surface area contributed by atoms with Gasteiger partial charge in [-0.3, -0.25) is 4.79 Å². The third kappa shape index (κ3) is 4.71. The van der Waals surface area contributed by atoms with Crippen LogP contribution < -0.4 is 5.32 Å². The third-order valence-corrected chi connectivity index (χ3v) is 6.30. The molecule has 4 rings (SSSR count). The van der Waals surface area contributed by atoms with Crippen molar-refractivity contribution in [1.29, 1.82) is 0 Å². The van der Waals surface area contributed by atoms with Crippen molar-refractivity contribution in [2.24, 2.45) is 0 Å². The van der Waals surface area contributed by atoms with Crippen molar-refractivity contribution in [3.63, 3.8) is 0 Å². The van der Waals surface area contributed by atoms with E-state index in [-0.39, 0.29) is 0 Å². The molecule has 2 aromatic heterocycles. The fourth-order valence-corrected chi connectivity index (χ4v) is 4.24. The van der Waals surface area contributed by atoms with Crippen molar-refractivity contribution in [2.75, 3.05) is 11.9 Å². The second-order valence-corrected chi connectivity index (χ2v) is 8.83. The second kappa shape index (κ2) is 9.06. The van der Waals surface area contributed by atoms with Crippen molar-refractivity contribution in [1.82, 2.24) is 4.98 Å². The number of hydrogen-bond acceptors (Lipinski definition) is 5. The molecule has 0 aliphatic carbocycles. The molecule has 1 amide bonds. The summed E-state index contributed by atoms with van der Waals surface area (Å²) in [5.41, 5.74) is 2.90. The number of pyridine rings is 1. The fourth-order valence-electron chi connectivity index (χ4n) is 3.06. The van der Waals surface area contributed by atoms with Gasteiger partial charge in [-0.2, -0.15) is 0 Å². The van der Waals surface area contributed by atoms with Gasteiger partial charge in [0, 0.05) is 16.1 Å². The highest BCUT2D eigenvalue weighted by Crippen LogP contribution is 2.32. The van der Waals surface area contributed by atoms with E-state index in [0.29, 0.717) is 37.2 Å². The van der Waals surface area contributed by atoms with E-state index in [2.05, 4.69) is 10.3 Å². The van der Waals surface area contributed by atoms with E-state index in [0.717, 1.165) is 10.4 Å². The number of nitrogens with one attached hydrogen (secondary N) is 1. The lowest BCUT2D eigenvalue weighted by molar-refractivity contribution is -0.119. The van der Waals surface area contributed by atoms with Crippen LogP contribution in [-0.2, 0) is 9.53 Å². The van der Waals surface area contributed by atoms with E-state index in [1.54, 1.807) is 43.3 Å². The Balaban J connectivity index is 1.56. The Hall–Kier alpha value is -2.93. The molecule has 0 fully saturated rings. The first-order chi connectivity index (χ1) is 14.9. The summed E-state index contributed by atoms with van der Waals surface area (Å²) >= 11 is 13.5. The predicted molar refractivity (Wildman–Crippen MR) is 125 cm³/mol. The van der Waals surface area contributed by atoms with Crippen molar-refractivity contribution in [3.8, 4) is 10.6 Å². The van der Waals surface area contributed by atoms with Crippen LogP contribution in [0, 0.1) is 6.92 Å². The minimum Gasteiger partial charge on any atom is -0.452 e. The number of hydrogen-bond donors (Lipinski definition) is 1. The van der Waals surface area contributed by atoms with Gasteiger partial charge >= 0.3 is 5.97 Å². The Kier molecular flexibility index (Phi) is 6.23. The van der Waals surface area contributed by atoms with Crippen molar-refractivity contribution < 1.29 is 14.3 Å². The van der Waals surface area contributed by atoms with Gasteiger partial charge in [0.1, 0.15) is 0 Å². The maximum atomic E-state index is 12.9. The average Bonchev–Trinajstić information content (AvgIpc) is 3.21. The normalized spacial score (nSPS) is 10.8. The molecule has 2 aromatic carbocycles. The van der Waals surface area contributed by atoms with Crippen LogP contribution in [0.2, 0.25) is 9.36 Å². The lowest BCUT2D eigenvalue weighted by atomic mass is 10.1. The number of carbonyl (C=O) groups excluding carboxylic acids is 2. The molecule has 0 saturated carbocycles. The molecule has 31 heavy (non-hydrogen) atoms. The van der Waals surface area contributed by atoms with Crippen LogP contribution in [0.25, 0.3) is 21.5 Å². The fraction of sp³-hybridized carbons (Fsp3) is 0.0870. The van der Waals surface area contributed by atoms with Gasteiger partial charge in [-0.15, -0.1) is 11.3 Å². The minimum absolute atomic E-state index is 0.330. The number of aromatic nitrogens is 1. The Morgan fingerprint density at radius 3 is 2.65 bits per heavy atom. The van der Waals surface area contributed by atoms with Crippen LogP contribution in [-0.4, -0.2) is 23.5 Å². The van der Waals surface area contributed by atoms with E-state index in [9.17, 15) is 9.59 Å². The molecule has 4 aromatic rings. The SMILES string of the molecule is Cc1c(Cl)cccc1NC(=O)COC(=O)c1cc(-c2ccc(Cl)s2)nc2ccccc12. The summed E-state index contributed by atoms with van der Waals surface area (Å²) in [5.74, 6) is -1.07. The number of rotatable bonds is 5. The van der Waals surface area contributed by atoms with Crippen molar-refractivity contribution in [3.05, 3.63) is 81.1 Å². The predicted octanol–water partition coefficient (Wildman–Crippen LogP) is 6.37. The van der Waals surface area contributed by atoms with E-state index >= 15 is 0 Å². The molecule has 0 atom stereocenters. The van der Waals surface area contributed by atoms with Gasteiger partial charge in [0.05, 0.1) is 26.0 Å². The molecule has 0 radical (unpaired) electrons. The summed E-state index contributed by atoms with van der Waals surface area (Å²) in [6.07, 6.45) is 0. The molecular formula is C23H16Cl2N2O3S. The summed E-state index contributed by atoms with van der Waals surface area (Å²) in [7, 11) is 0. The number of esters is 1. The van der Waals surface area contributed by atoms with Crippen LogP contribution in [0.5, 0.6) is 0 Å². The van der Waals surface area contributed by atoms with Crippen LogP contribution in [0.15, 0.2) is 60.7 Å². The molecule has 1 N–H and O–H groups in total. The molecule has 0 aliphatic rings. The molecule has 8 heteroatoms. The maximum Gasteiger partial charge on any atom is 0.339 e. The average molecular weight is 471 g/mol. The van der Waals surface area contributed by atoms with Crippen LogP contribution in [0.3, 0.4) is 0 Å². The van der Waals surface area contributed by atoms with Gasteiger partial charge in [-0.1, -0.05) is 47.5 Å². The molecule has 156 valence electrons. The summed E-state index contributed by atoms with van der Waals surface area (Å²) in [6.45, 7) is 1.37. The third-order valence-electron chi connectivity index (χ3n) is 4.64. The summed E-state index contributed by atoms with van der Waals surface area (Å²) in [6, 6.07) is 17.8. The Morgan fingerprint density at radius 2 is 1.87 bits per heavy atom. The highest BCUT2D eigenvalue weighted by molar-refractivity contribution is 7.19. The van der Waals surface area contributed by atoms with Crippen LogP contribution in [0.1, 0.15) is 15.9 Å². The molecule has 2 heterocycles. The van der Waals surface area contributed by atoms with Crippen LogP contribution in [0.4, 0.5) is 5.69 Å². The number of anilines is 1. The molecule has 0 unspecified atom stereocenters. The summed E-state index contributed by atoms with van der Waals surface area (Å²) < 4.78 is 5.93. The first-order valence-corrected chi connectivity index (χ1v) is 10.9. The zero-order valence-corrected chi connectivity index (χ0v) is 18.6. The number of nitrogens with zero attached hydrogens (tertiary/aromatic N) is 1. The van der Waals surface area contributed by atoms with Gasteiger partial charge in [0.25, 0.3) is 5.91 Å². The molecule has 0 aliphatic heterocycles. The topological polar surface area (TPSA) is 68.3 Å².